The van der Waals surface area contributed by atoms with Crippen LogP contribution in [-0.2, 0) is 6.54 Å². The molecule has 1 saturated heterocycles. The van der Waals surface area contributed by atoms with Crippen LogP contribution in [0.2, 0.25) is 5.02 Å². The summed E-state index contributed by atoms with van der Waals surface area (Å²) in [5, 5.41) is 11.2. The molecule has 3 rings (SSSR count). The Hall–Kier alpha value is -1.35. The molecule has 1 N–H and O–H groups in total. The first-order valence-corrected chi connectivity index (χ1v) is 7.80. The minimum Gasteiger partial charge on any atom is -0.391 e. The van der Waals surface area contributed by atoms with Crippen molar-refractivity contribution in [2.45, 2.75) is 25.0 Å². The molecular formula is C18H20ClNO. The predicted octanol–water partition coefficient (Wildman–Crippen LogP) is 3.69. The van der Waals surface area contributed by atoms with Crippen molar-refractivity contribution in [3.05, 3.63) is 70.7 Å². The van der Waals surface area contributed by atoms with E-state index in [9.17, 15) is 5.11 Å². The molecule has 0 saturated carbocycles. The molecule has 0 aliphatic carbocycles. The van der Waals surface area contributed by atoms with Crippen LogP contribution in [0.15, 0.2) is 54.6 Å². The molecule has 2 aromatic carbocycles. The summed E-state index contributed by atoms with van der Waals surface area (Å²) in [5.74, 6) is 0.252. The molecule has 2 atom stereocenters. The second-order valence-corrected chi connectivity index (χ2v) is 6.17. The number of likely N-dealkylation sites (tertiary alicyclic amines) is 1. The van der Waals surface area contributed by atoms with E-state index in [1.165, 1.54) is 11.1 Å². The number of hydrogen-bond donors (Lipinski definition) is 1. The summed E-state index contributed by atoms with van der Waals surface area (Å²) in [6.45, 7) is 2.56. The molecule has 1 heterocycles. The smallest absolute Gasteiger partial charge is 0.0736 e. The van der Waals surface area contributed by atoms with Crippen LogP contribution < -0.4 is 0 Å². The quantitative estimate of drug-likeness (QED) is 0.934. The predicted molar refractivity (Wildman–Crippen MR) is 86.5 cm³/mol. The Kier molecular flexibility index (Phi) is 4.59. The average Bonchev–Trinajstić information content (AvgIpc) is 2.48. The summed E-state index contributed by atoms with van der Waals surface area (Å²) in [5.41, 5.74) is 2.44. The van der Waals surface area contributed by atoms with Crippen LogP contribution in [0.1, 0.15) is 23.5 Å². The number of piperidine rings is 1. The van der Waals surface area contributed by atoms with Gasteiger partial charge in [0.25, 0.3) is 0 Å². The average molecular weight is 302 g/mol. The Labute approximate surface area is 131 Å². The first-order chi connectivity index (χ1) is 10.2. The van der Waals surface area contributed by atoms with E-state index in [1.54, 1.807) is 0 Å². The van der Waals surface area contributed by atoms with Crippen molar-refractivity contribution in [1.29, 1.82) is 0 Å². The zero-order chi connectivity index (χ0) is 14.7. The normalized spacial score (nSPS) is 23.1. The molecule has 0 amide bonds. The zero-order valence-corrected chi connectivity index (χ0v) is 12.7. The molecule has 1 aliphatic rings. The maximum absolute atomic E-state index is 10.5. The first-order valence-electron chi connectivity index (χ1n) is 7.42. The minimum atomic E-state index is -0.305. The number of β-amino-alcohol motifs (C(OH)–C–C–N with tert-alkyl or cyclic N) is 1. The number of aliphatic hydroxyl groups is 1. The van der Waals surface area contributed by atoms with E-state index >= 15 is 0 Å². The summed E-state index contributed by atoms with van der Waals surface area (Å²) in [7, 11) is 0. The van der Waals surface area contributed by atoms with Crippen LogP contribution >= 0.6 is 11.6 Å². The fraction of sp³-hybridized carbons (Fsp3) is 0.333. The SMILES string of the molecule is O[C@@H]1CN(Cc2cccc(Cl)c2)CC[C@H]1c1ccccc1. The van der Waals surface area contributed by atoms with Gasteiger partial charge in [-0.25, -0.2) is 0 Å². The monoisotopic (exact) mass is 301 g/mol. The Bertz CT molecular complexity index is 587. The van der Waals surface area contributed by atoms with Crippen molar-refractivity contribution in [2.24, 2.45) is 0 Å². The maximum atomic E-state index is 10.5. The Balaban J connectivity index is 1.63. The third-order valence-corrected chi connectivity index (χ3v) is 4.42. The molecule has 0 radical (unpaired) electrons. The van der Waals surface area contributed by atoms with Crippen LogP contribution in [0.3, 0.4) is 0 Å². The van der Waals surface area contributed by atoms with Gasteiger partial charge in [-0.05, 0) is 36.2 Å². The van der Waals surface area contributed by atoms with Crippen LogP contribution in [0.4, 0.5) is 0 Å². The van der Waals surface area contributed by atoms with Crippen LogP contribution in [0, 0.1) is 0 Å². The van der Waals surface area contributed by atoms with Gasteiger partial charge in [0.1, 0.15) is 0 Å². The highest BCUT2D eigenvalue weighted by atomic mass is 35.5. The number of rotatable bonds is 3. The molecule has 1 fully saturated rings. The van der Waals surface area contributed by atoms with Crippen molar-refractivity contribution < 1.29 is 5.11 Å². The molecule has 3 heteroatoms. The molecule has 1 aliphatic heterocycles. The molecule has 110 valence electrons. The second-order valence-electron chi connectivity index (χ2n) is 5.74. The molecule has 2 aromatic rings. The summed E-state index contributed by atoms with van der Waals surface area (Å²) in [6, 6.07) is 18.3. The van der Waals surface area contributed by atoms with Gasteiger partial charge in [0.2, 0.25) is 0 Å². The van der Waals surface area contributed by atoms with Gasteiger partial charge in [0.05, 0.1) is 6.10 Å². The van der Waals surface area contributed by atoms with Crippen molar-refractivity contribution in [1.82, 2.24) is 4.90 Å². The van der Waals surface area contributed by atoms with Crippen molar-refractivity contribution in [3.63, 3.8) is 0 Å². The van der Waals surface area contributed by atoms with Gasteiger partial charge in [-0.3, -0.25) is 4.90 Å². The van der Waals surface area contributed by atoms with Gasteiger partial charge in [-0.1, -0.05) is 54.1 Å². The third kappa shape index (κ3) is 3.65. The van der Waals surface area contributed by atoms with E-state index in [1.807, 2.05) is 36.4 Å². The number of hydrogen-bond acceptors (Lipinski definition) is 2. The number of halogens is 1. The molecule has 21 heavy (non-hydrogen) atoms. The van der Waals surface area contributed by atoms with Gasteiger partial charge in [0.15, 0.2) is 0 Å². The van der Waals surface area contributed by atoms with Crippen LogP contribution in [0.5, 0.6) is 0 Å². The molecule has 0 unspecified atom stereocenters. The fourth-order valence-electron chi connectivity index (χ4n) is 3.12. The van der Waals surface area contributed by atoms with Crippen LogP contribution in [-0.4, -0.2) is 29.2 Å². The van der Waals surface area contributed by atoms with Gasteiger partial charge in [-0.2, -0.15) is 0 Å². The van der Waals surface area contributed by atoms with Gasteiger partial charge in [-0.15, -0.1) is 0 Å². The lowest BCUT2D eigenvalue weighted by Gasteiger charge is -2.36. The molecule has 0 aromatic heterocycles. The summed E-state index contributed by atoms with van der Waals surface area (Å²) in [6.07, 6.45) is 0.687. The van der Waals surface area contributed by atoms with Gasteiger partial charge in [0, 0.05) is 24.0 Å². The van der Waals surface area contributed by atoms with E-state index in [2.05, 4.69) is 23.1 Å². The second kappa shape index (κ2) is 6.61. The van der Waals surface area contributed by atoms with E-state index < -0.39 is 0 Å². The number of benzene rings is 2. The van der Waals surface area contributed by atoms with E-state index in [-0.39, 0.29) is 12.0 Å². The summed E-state index contributed by atoms with van der Waals surface area (Å²) < 4.78 is 0. The number of nitrogens with zero attached hydrogens (tertiary/aromatic N) is 1. The fourth-order valence-corrected chi connectivity index (χ4v) is 3.34. The summed E-state index contributed by atoms with van der Waals surface area (Å²) >= 11 is 6.03. The summed E-state index contributed by atoms with van der Waals surface area (Å²) in [4.78, 5) is 2.30. The van der Waals surface area contributed by atoms with Gasteiger partial charge >= 0.3 is 0 Å². The lowest BCUT2D eigenvalue weighted by molar-refractivity contribution is 0.0477. The minimum absolute atomic E-state index is 0.252. The Morgan fingerprint density at radius 2 is 1.90 bits per heavy atom. The highest BCUT2D eigenvalue weighted by molar-refractivity contribution is 6.30. The van der Waals surface area contributed by atoms with Crippen molar-refractivity contribution in [3.8, 4) is 0 Å². The lowest BCUT2D eigenvalue weighted by atomic mass is 9.87. The molecule has 0 bridgehead atoms. The Morgan fingerprint density at radius 3 is 2.62 bits per heavy atom. The number of aliphatic hydroxyl groups excluding tert-OH is 1. The molecule has 2 nitrogen and oxygen atoms in total. The third-order valence-electron chi connectivity index (χ3n) is 4.19. The lowest BCUT2D eigenvalue weighted by Crippen LogP contribution is -2.42. The van der Waals surface area contributed by atoms with E-state index in [4.69, 9.17) is 11.6 Å². The van der Waals surface area contributed by atoms with E-state index in [0.717, 1.165) is 24.5 Å². The van der Waals surface area contributed by atoms with Gasteiger partial charge < -0.3 is 5.11 Å². The Morgan fingerprint density at radius 1 is 1.10 bits per heavy atom. The van der Waals surface area contributed by atoms with Crippen molar-refractivity contribution in [2.75, 3.05) is 13.1 Å². The van der Waals surface area contributed by atoms with Crippen molar-refractivity contribution >= 4 is 11.6 Å². The molecule has 0 spiro atoms. The topological polar surface area (TPSA) is 23.5 Å². The standard InChI is InChI=1S/C18H20ClNO/c19-16-8-4-5-14(11-16)12-20-10-9-17(18(21)13-20)15-6-2-1-3-7-15/h1-8,11,17-18,21H,9-10,12-13H2/t17-,18+/m0/s1. The maximum Gasteiger partial charge on any atom is 0.0736 e. The first kappa shape index (κ1) is 14.6. The van der Waals surface area contributed by atoms with E-state index in [0.29, 0.717) is 6.54 Å². The zero-order valence-electron chi connectivity index (χ0n) is 12.0. The largest absolute Gasteiger partial charge is 0.391 e. The molecular weight excluding hydrogens is 282 g/mol. The highest BCUT2D eigenvalue weighted by Crippen LogP contribution is 2.29. The highest BCUT2D eigenvalue weighted by Gasteiger charge is 2.28. The van der Waals surface area contributed by atoms with Crippen LogP contribution in [0.25, 0.3) is 0 Å².